The smallest absolute Gasteiger partial charge is 0.186 e. The van der Waals surface area contributed by atoms with Gasteiger partial charge in [0, 0.05) is 0 Å². The van der Waals surface area contributed by atoms with Crippen molar-refractivity contribution >= 4 is 5.96 Å². The van der Waals surface area contributed by atoms with Crippen molar-refractivity contribution < 1.29 is 4.74 Å². The van der Waals surface area contributed by atoms with Crippen molar-refractivity contribution in [3.05, 3.63) is 65.7 Å². The zero-order valence-electron chi connectivity index (χ0n) is 10.6. The number of hydrogen-bond acceptors (Lipinski definition) is 2. The van der Waals surface area contributed by atoms with E-state index < -0.39 is 0 Å². The van der Waals surface area contributed by atoms with Crippen LogP contribution in [0, 0.1) is 0 Å². The summed E-state index contributed by atoms with van der Waals surface area (Å²) in [4.78, 5) is 3.96. The third kappa shape index (κ3) is 4.35. The van der Waals surface area contributed by atoms with Crippen molar-refractivity contribution in [2.75, 3.05) is 0 Å². The first-order valence-electron chi connectivity index (χ1n) is 6.05. The molecule has 19 heavy (non-hydrogen) atoms. The lowest BCUT2D eigenvalue weighted by Crippen LogP contribution is -2.22. The summed E-state index contributed by atoms with van der Waals surface area (Å²) >= 11 is 0. The molecule has 0 unspecified atom stereocenters. The second-order valence-electron chi connectivity index (χ2n) is 4.16. The normalized spacial score (nSPS) is 9.89. The summed E-state index contributed by atoms with van der Waals surface area (Å²) in [5.74, 6) is 0.976. The summed E-state index contributed by atoms with van der Waals surface area (Å²) in [6.07, 6.45) is 0. The maximum Gasteiger partial charge on any atom is 0.186 e. The predicted octanol–water partition coefficient (Wildman–Crippen LogP) is 2.04. The first-order valence-corrected chi connectivity index (χ1v) is 6.05. The fraction of sp³-hybridized carbons (Fsp3) is 0.133. The number of rotatable bonds is 5. The molecule has 0 radical (unpaired) electrons. The molecule has 4 N–H and O–H groups in total. The van der Waals surface area contributed by atoms with Crippen molar-refractivity contribution in [2.24, 2.45) is 16.5 Å². The van der Waals surface area contributed by atoms with Crippen LogP contribution in [0.25, 0.3) is 0 Å². The molecule has 2 rings (SSSR count). The zero-order valence-corrected chi connectivity index (χ0v) is 10.6. The molecule has 4 heteroatoms. The first kappa shape index (κ1) is 13.0. The quantitative estimate of drug-likeness (QED) is 0.634. The molecular formula is C15H17N3O. The molecule has 2 aromatic carbocycles. The van der Waals surface area contributed by atoms with E-state index in [0.29, 0.717) is 13.2 Å². The summed E-state index contributed by atoms with van der Waals surface area (Å²) in [6, 6.07) is 17.8. The van der Waals surface area contributed by atoms with Crippen LogP contribution in [0.4, 0.5) is 0 Å². The molecule has 0 atom stereocenters. The molecule has 0 fully saturated rings. The van der Waals surface area contributed by atoms with Gasteiger partial charge in [0.05, 0.1) is 6.54 Å². The van der Waals surface area contributed by atoms with Crippen LogP contribution in [0.15, 0.2) is 59.6 Å². The van der Waals surface area contributed by atoms with Crippen LogP contribution in [-0.2, 0) is 13.2 Å². The molecule has 0 bridgehead atoms. The van der Waals surface area contributed by atoms with E-state index >= 15 is 0 Å². The molecule has 0 amide bonds. The van der Waals surface area contributed by atoms with Crippen LogP contribution in [0.1, 0.15) is 11.1 Å². The number of aliphatic imine (C=N–C) groups is 1. The number of benzene rings is 2. The Morgan fingerprint density at radius 2 is 1.53 bits per heavy atom. The molecule has 0 saturated heterocycles. The molecule has 0 heterocycles. The van der Waals surface area contributed by atoms with Gasteiger partial charge in [-0.15, -0.1) is 0 Å². The Kier molecular flexibility index (Phi) is 4.39. The van der Waals surface area contributed by atoms with Crippen LogP contribution >= 0.6 is 0 Å². The molecular weight excluding hydrogens is 238 g/mol. The molecule has 0 saturated carbocycles. The minimum Gasteiger partial charge on any atom is -0.489 e. The Morgan fingerprint density at radius 1 is 0.895 bits per heavy atom. The van der Waals surface area contributed by atoms with Crippen LogP contribution in [0.3, 0.4) is 0 Å². The van der Waals surface area contributed by atoms with Crippen molar-refractivity contribution in [3.63, 3.8) is 0 Å². The summed E-state index contributed by atoms with van der Waals surface area (Å²) < 4.78 is 5.66. The van der Waals surface area contributed by atoms with Crippen molar-refractivity contribution in [1.29, 1.82) is 0 Å². The Hall–Kier alpha value is -2.49. The van der Waals surface area contributed by atoms with Crippen LogP contribution < -0.4 is 16.2 Å². The minimum atomic E-state index is 0.108. The lowest BCUT2D eigenvalue weighted by molar-refractivity contribution is 0.306. The van der Waals surface area contributed by atoms with Crippen LogP contribution in [0.2, 0.25) is 0 Å². The second-order valence-corrected chi connectivity index (χ2v) is 4.16. The van der Waals surface area contributed by atoms with Gasteiger partial charge in [0.25, 0.3) is 0 Å². The summed E-state index contributed by atoms with van der Waals surface area (Å²) in [7, 11) is 0. The Balaban J connectivity index is 1.90. The largest absolute Gasteiger partial charge is 0.489 e. The van der Waals surface area contributed by atoms with Crippen molar-refractivity contribution in [1.82, 2.24) is 0 Å². The lowest BCUT2D eigenvalue weighted by atomic mass is 10.1. The van der Waals surface area contributed by atoms with Gasteiger partial charge >= 0.3 is 0 Å². The minimum absolute atomic E-state index is 0.108. The average Bonchev–Trinajstić information content (AvgIpc) is 2.45. The van der Waals surface area contributed by atoms with E-state index in [1.54, 1.807) is 0 Å². The third-order valence-corrected chi connectivity index (χ3v) is 2.62. The van der Waals surface area contributed by atoms with Crippen molar-refractivity contribution in [2.45, 2.75) is 13.2 Å². The SMILES string of the molecule is NC(N)=NCc1ccc(COc2ccccc2)cc1. The highest BCUT2D eigenvalue weighted by molar-refractivity contribution is 5.75. The summed E-state index contributed by atoms with van der Waals surface area (Å²) in [6.45, 7) is 1.05. The summed E-state index contributed by atoms with van der Waals surface area (Å²) in [5.41, 5.74) is 12.8. The van der Waals surface area contributed by atoms with E-state index in [1.807, 2.05) is 54.6 Å². The van der Waals surface area contributed by atoms with E-state index in [2.05, 4.69) is 4.99 Å². The highest BCUT2D eigenvalue weighted by atomic mass is 16.5. The van der Waals surface area contributed by atoms with E-state index in [9.17, 15) is 0 Å². The molecule has 0 aliphatic rings. The fourth-order valence-electron chi connectivity index (χ4n) is 1.61. The number of nitrogens with two attached hydrogens (primary N) is 2. The van der Waals surface area contributed by atoms with Crippen LogP contribution in [0.5, 0.6) is 5.75 Å². The van der Waals surface area contributed by atoms with E-state index in [4.69, 9.17) is 16.2 Å². The zero-order chi connectivity index (χ0) is 13.5. The number of nitrogens with zero attached hydrogens (tertiary/aromatic N) is 1. The Bertz CT molecular complexity index is 531. The Morgan fingerprint density at radius 3 is 2.16 bits per heavy atom. The van der Waals surface area contributed by atoms with Gasteiger partial charge in [0.2, 0.25) is 0 Å². The molecule has 0 aliphatic heterocycles. The molecule has 0 aliphatic carbocycles. The Labute approximate surface area is 112 Å². The van der Waals surface area contributed by atoms with Gasteiger partial charge in [0.1, 0.15) is 12.4 Å². The molecule has 0 spiro atoms. The van der Waals surface area contributed by atoms with Gasteiger partial charge in [-0.25, -0.2) is 4.99 Å². The molecule has 4 nitrogen and oxygen atoms in total. The van der Waals surface area contributed by atoms with E-state index in [1.165, 1.54) is 0 Å². The van der Waals surface area contributed by atoms with Gasteiger partial charge < -0.3 is 16.2 Å². The lowest BCUT2D eigenvalue weighted by Gasteiger charge is -2.06. The molecule has 0 aromatic heterocycles. The molecule has 2 aromatic rings. The average molecular weight is 255 g/mol. The monoisotopic (exact) mass is 255 g/mol. The molecule has 98 valence electrons. The number of hydrogen-bond donors (Lipinski definition) is 2. The third-order valence-electron chi connectivity index (χ3n) is 2.62. The van der Waals surface area contributed by atoms with Gasteiger partial charge in [-0.1, -0.05) is 42.5 Å². The van der Waals surface area contributed by atoms with E-state index in [0.717, 1.165) is 16.9 Å². The van der Waals surface area contributed by atoms with Gasteiger partial charge in [0.15, 0.2) is 5.96 Å². The second kappa shape index (κ2) is 6.44. The maximum atomic E-state index is 5.66. The number of para-hydroxylation sites is 1. The van der Waals surface area contributed by atoms with Gasteiger partial charge in [-0.3, -0.25) is 0 Å². The summed E-state index contributed by atoms with van der Waals surface area (Å²) in [5, 5.41) is 0. The van der Waals surface area contributed by atoms with Gasteiger partial charge in [-0.05, 0) is 23.3 Å². The topological polar surface area (TPSA) is 73.6 Å². The van der Waals surface area contributed by atoms with Crippen molar-refractivity contribution in [3.8, 4) is 5.75 Å². The van der Waals surface area contributed by atoms with E-state index in [-0.39, 0.29) is 5.96 Å². The first-order chi connectivity index (χ1) is 9.24. The number of guanidine groups is 1. The van der Waals surface area contributed by atoms with Gasteiger partial charge in [-0.2, -0.15) is 0 Å². The fourth-order valence-corrected chi connectivity index (χ4v) is 1.61. The highest BCUT2D eigenvalue weighted by Gasteiger charge is 1.96. The number of ether oxygens (including phenoxy) is 1. The highest BCUT2D eigenvalue weighted by Crippen LogP contribution is 2.12. The van der Waals surface area contributed by atoms with Crippen LogP contribution in [-0.4, -0.2) is 5.96 Å². The standard InChI is InChI=1S/C15H17N3O/c16-15(17)18-10-12-6-8-13(9-7-12)11-19-14-4-2-1-3-5-14/h1-9H,10-11H2,(H4,16,17,18). The predicted molar refractivity (Wildman–Crippen MR) is 76.7 cm³/mol. The maximum absolute atomic E-state index is 5.66.